The van der Waals surface area contributed by atoms with Crippen LogP contribution in [0.3, 0.4) is 0 Å². The highest BCUT2D eigenvalue weighted by Crippen LogP contribution is 2.16. The number of nitrogens with one attached hydrogen (secondary N) is 1. The van der Waals surface area contributed by atoms with Gasteiger partial charge in [-0.1, -0.05) is 24.3 Å². The minimum absolute atomic E-state index is 0. The predicted octanol–water partition coefficient (Wildman–Crippen LogP) is 3.01. The summed E-state index contributed by atoms with van der Waals surface area (Å²) in [4.78, 5) is 13.9. The molecule has 0 spiro atoms. The molecular weight excluding hydrogens is 493 g/mol. The Balaban J connectivity index is 0.00000320. The molecule has 164 valence electrons. The topological polar surface area (TPSA) is 62.2 Å². The Labute approximate surface area is 196 Å². The predicted molar refractivity (Wildman–Crippen MR) is 132 cm³/mol. The van der Waals surface area contributed by atoms with E-state index in [4.69, 9.17) is 14.5 Å². The monoisotopic (exact) mass is 525 g/mol. The van der Waals surface area contributed by atoms with E-state index in [1.54, 1.807) is 7.11 Å². The third-order valence-corrected chi connectivity index (χ3v) is 4.78. The number of hydrogen-bond acceptors (Lipinski definition) is 5. The maximum atomic E-state index is 5.51. The molecule has 30 heavy (non-hydrogen) atoms. The first-order valence-corrected chi connectivity index (χ1v) is 10.2. The number of hydrogen-bond donors (Lipinski definition) is 1. The fraction of sp³-hybridized carbons (Fsp3) is 0.455. The average Bonchev–Trinajstić information content (AvgIpc) is 2.78. The molecule has 1 aliphatic rings. The molecular formula is C22H32IN5O2. The summed E-state index contributed by atoms with van der Waals surface area (Å²) in [5.41, 5.74) is 2.34. The van der Waals surface area contributed by atoms with Crippen molar-refractivity contribution in [3.05, 3.63) is 54.2 Å². The van der Waals surface area contributed by atoms with E-state index in [-0.39, 0.29) is 24.0 Å². The minimum atomic E-state index is 0. The molecule has 1 aromatic heterocycles. The van der Waals surface area contributed by atoms with Crippen molar-refractivity contribution in [3.8, 4) is 5.88 Å². The number of benzene rings is 1. The molecule has 2 aromatic rings. The lowest BCUT2D eigenvalue weighted by Gasteiger charge is -2.37. The lowest BCUT2D eigenvalue weighted by molar-refractivity contribution is 0.143. The summed E-state index contributed by atoms with van der Waals surface area (Å²) in [6.45, 7) is 8.47. The molecule has 3 rings (SSSR count). The number of pyridine rings is 1. The quantitative estimate of drug-likeness (QED) is 0.248. The number of methoxy groups -OCH3 is 1. The lowest BCUT2D eigenvalue weighted by Crippen LogP contribution is -2.52. The normalized spacial score (nSPS) is 14.3. The van der Waals surface area contributed by atoms with Crippen LogP contribution in [0.5, 0.6) is 5.88 Å². The van der Waals surface area contributed by atoms with Gasteiger partial charge in [-0.3, -0.25) is 0 Å². The van der Waals surface area contributed by atoms with Crippen molar-refractivity contribution in [2.45, 2.75) is 13.5 Å². The maximum absolute atomic E-state index is 5.51. The third kappa shape index (κ3) is 7.32. The zero-order valence-corrected chi connectivity index (χ0v) is 20.1. The zero-order valence-electron chi connectivity index (χ0n) is 17.8. The van der Waals surface area contributed by atoms with Gasteiger partial charge in [0.1, 0.15) is 6.61 Å². The van der Waals surface area contributed by atoms with E-state index in [1.165, 1.54) is 5.69 Å². The van der Waals surface area contributed by atoms with Crippen molar-refractivity contribution in [2.75, 3.05) is 57.9 Å². The fourth-order valence-corrected chi connectivity index (χ4v) is 3.23. The molecule has 0 bridgehead atoms. The molecule has 7 nitrogen and oxygen atoms in total. The van der Waals surface area contributed by atoms with E-state index in [2.05, 4.69) is 57.4 Å². The van der Waals surface area contributed by atoms with Gasteiger partial charge < -0.3 is 24.6 Å². The van der Waals surface area contributed by atoms with Crippen LogP contribution in [0.1, 0.15) is 12.5 Å². The number of halogens is 1. The van der Waals surface area contributed by atoms with E-state index in [0.717, 1.165) is 44.2 Å². The summed E-state index contributed by atoms with van der Waals surface area (Å²) in [5.74, 6) is 1.57. The number of rotatable bonds is 8. The van der Waals surface area contributed by atoms with Crippen LogP contribution in [0.25, 0.3) is 0 Å². The second-order valence-corrected chi connectivity index (χ2v) is 6.83. The Morgan fingerprint density at radius 1 is 1.07 bits per heavy atom. The Bertz CT molecular complexity index is 750. The van der Waals surface area contributed by atoms with Crippen LogP contribution in [0.15, 0.2) is 53.7 Å². The van der Waals surface area contributed by atoms with Gasteiger partial charge >= 0.3 is 0 Å². The number of aromatic nitrogens is 1. The number of piperazine rings is 1. The van der Waals surface area contributed by atoms with E-state index in [1.807, 2.05) is 18.3 Å². The van der Waals surface area contributed by atoms with Crippen molar-refractivity contribution >= 4 is 35.6 Å². The molecule has 0 amide bonds. The molecule has 0 unspecified atom stereocenters. The summed E-state index contributed by atoms with van der Waals surface area (Å²) < 4.78 is 10.5. The Morgan fingerprint density at radius 2 is 1.83 bits per heavy atom. The number of anilines is 1. The molecule has 1 aliphatic heterocycles. The molecule has 1 N–H and O–H groups in total. The third-order valence-electron chi connectivity index (χ3n) is 4.78. The highest BCUT2D eigenvalue weighted by Gasteiger charge is 2.19. The molecule has 1 aromatic carbocycles. The van der Waals surface area contributed by atoms with Crippen molar-refractivity contribution in [1.29, 1.82) is 0 Å². The molecule has 8 heteroatoms. The Kier molecular flexibility index (Phi) is 10.7. The SMILES string of the molecule is CCNC(=NCc1ccc(OCCOC)nc1)N1CCN(c2ccccc2)CC1.I. The van der Waals surface area contributed by atoms with E-state index < -0.39 is 0 Å². The van der Waals surface area contributed by atoms with Gasteiger partial charge in [-0.15, -0.1) is 24.0 Å². The average molecular weight is 525 g/mol. The maximum Gasteiger partial charge on any atom is 0.213 e. The van der Waals surface area contributed by atoms with Crippen LogP contribution < -0.4 is 15.0 Å². The number of nitrogens with zero attached hydrogens (tertiary/aromatic N) is 4. The molecule has 0 aliphatic carbocycles. The Morgan fingerprint density at radius 3 is 2.47 bits per heavy atom. The highest BCUT2D eigenvalue weighted by molar-refractivity contribution is 14.0. The second-order valence-electron chi connectivity index (χ2n) is 6.83. The van der Waals surface area contributed by atoms with Crippen molar-refractivity contribution in [3.63, 3.8) is 0 Å². The number of para-hydroxylation sites is 1. The van der Waals surface area contributed by atoms with Crippen LogP contribution in [-0.2, 0) is 11.3 Å². The smallest absolute Gasteiger partial charge is 0.213 e. The fourth-order valence-electron chi connectivity index (χ4n) is 3.23. The summed E-state index contributed by atoms with van der Waals surface area (Å²) in [6, 6.07) is 14.5. The summed E-state index contributed by atoms with van der Waals surface area (Å²) >= 11 is 0. The van der Waals surface area contributed by atoms with Crippen molar-refractivity contribution in [1.82, 2.24) is 15.2 Å². The van der Waals surface area contributed by atoms with Crippen LogP contribution in [0.4, 0.5) is 5.69 Å². The first kappa shape index (κ1) is 24.2. The molecule has 0 saturated carbocycles. The van der Waals surface area contributed by atoms with Crippen LogP contribution in [0.2, 0.25) is 0 Å². The number of ether oxygens (including phenoxy) is 2. The number of aliphatic imine (C=N–C) groups is 1. The van der Waals surface area contributed by atoms with Gasteiger partial charge in [-0.25, -0.2) is 9.98 Å². The zero-order chi connectivity index (χ0) is 20.3. The first-order chi connectivity index (χ1) is 14.3. The van der Waals surface area contributed by atoms with Gasteiger partial charge in [0.2, 0.25) is 5.88 Å². The van der Waals surface area contributed by atoms with Crippen LogP contribution in [0, 0.1) is 0 Å². The molecule has 1 fully saturated rings. The summed E-state index contributed by atoms with van der Waals surface area (Å²) in [6.07, 6.45) is 1.82. The minimum Gasteiger partial charge on any atom is -0.475 e. The first-order valence-electron chi connectivity index (χ1n) is 10.2. The van der Waals surface area contributed by atoms with Gasteiger partial charge in [0.15, 0.2) is 5.96 Å². The van der Waals surface area contributed by atoms with Gasteiger partial charge in [-0.2, -0.15) is 0 Å². The second kappa shape index (κ2) is 13.3. The Hall–Kier alpha value is -2.07. The van der Waals surface area contributed by atoms with Gasteiger partial charge in [0.25, 0.3) is 0 Å². The van der Waals surface area contributed by atoms with Gasteiger partial charge in [0, 0.05) is 57.8 Å². The molecule has 0 radical (unpaired) electrons. The molecule has 0 atom stereocenters. The molecule has 2 heterocycles. The summed E-state index contributed by atoms with van der Waals surface area (Å²) in [7, 11) is 1.65. The van der Waals surface area contributed by atoms with E-state index in [0.29, 0.717) is 25.6 Å². The van der Waals surface area contributed by atoms with E-state index >= 15 is 0 Å². The van der Waals surface area contributed by atoms with Gasteiger partial charge in [-0.05, 0) is 24.6 Å². The summed E-state index contributed by atoms with van der Waals surface area (Å²) in [5, 5.41) is 3.42. The van der Waals surface area contributed by atoms with Gasteiger partial charge in [0.05, 0.1) is 13.2 Å². The van der Waals surface area contributed by atoms with Crippen LogP contribution in [-0.4, -0.2) is 68.9 Å². The number of guanidine groups is 1. The lowest BCUT2D eigenvalue weighted by atomic mass is 10.2. The van der Waals surface area contributed by atoms with Crippen molar-refractivity contribution in [2.24, 2.45) is 4.99 Å². The van der Waals surface area contributed by atoms with E-state index in [9.17, 15) is 0 Å². The van der Waals surface area contributed by atoms with Crippen molar-refractivity contribution < 1.29 is 9.47 Å². The van der Waals surface area contributed by atoms with Crippen LogP contribution >= 0.6 is 24.0 Å². The largest absolute Gasteiger partial charge is 0.475 e. The standard InChI is InChI=1S/C22H31N5O2.HI/c1-3-23-22(25-18-19-9-10-21(24-17-19)29-16-15-28-2)27-13-11-26(12-14-27)20-7-5-4-6-8-20;/h4-10,17H,3,11-16,18H2,1-2H3,(H,23,25);1H. The highest BCUT2D eigenvalue weighted by atomic mass is 127. The molecule has 1 saturated heterocycles.